The van der Waals surface area contributed by atoms with Crippen molar-refractivity contribution in [1.82, 2.24) is 0 Å². The van der Waals surface area contributed by atoms with E-state index in [4.69, 9.17) is 4.74 Å². The van der Waals surface area contributed by atoms with E-state index in [0.29, 0.717) is 6.10 Å². The third-order valence-electron chi connectivity index (χ3n) is 3.07. The van der Waals surface area contributed by atoms with Crippen LogP contribution in [0.15, 0.2) is 18.2 Å². The number of hydrogen-bond donors (Lipinski definition) is 0. The predicted molar refractivity (Wildman–Crippen MR) is 58.5 cm³/mol. The second-order valence-electron chi connectivity index (χ2n) is 5.00. The SMILES string of the molecule is Cc1ccc(F)cc1C(C)(C)CC1CO1. The Hall–Kier alpha value is -0.890. The fourth-order valence-electron chi connectivity index (χ4n) is 2.19. The summed E-state index contributed by atoms with van der Waals surface area (Å²) in [6.45, 7) is 7.19. The van der Waals surface area contributed by atoms with E-state index in [1.807, 2.05) is 13.0 Å². The highest BCUT2D eigenvalue weighted by Crippen LogP contribution is 2.34. The average Bonchev–Trinajstić information content (AvgIpc) is 2.92. The molecule has 1 nitrogen and oxygen atoms in total. The van der Waals surface area contributed by atoms with E-state index in [1.54, 1.807) is 6.07 Å². The Balaban J connectivity index is 2.28. The van der Waals surface area contributed by atoms with Gasteiger partial charge in [-0.15, -0.1) is 0 Å². The number of rotatable bonds is 3. The van der Waals surface area contributed by atoms with Crippen LogP contribution in [0.2, 0.25) is 0 Å². The molecule has 1 unspecified atom stereocenters. The van der Waals surface area contributed by atoms with Crippen LogP contribution in [0, 0.1) is 12.7 Å². The Morgan fingerprint density at radius 2 is 2.13 bits per heavy atom. The van der Waals surface area contributed by atoms with Crippen LogP contribution in [-0.2, 0) is 10.2 Å². The van der Waals surface area contributed by atoms with Crippen molar-refractivity contribution in [2.45, 2.75) is 38.7 Å². The Morgan fingerprint density at radius 1 is 1.47 bits per heavy atom. The first-order valence-corrected chi connectivity index (χ1v) is 5.37. The molecule has 1 aromatic carbocycles. The van der Waals surface area contributed by atoms with Crippen LogP contribution >= 0.6 is 0 Å². The molecule has 0 aliphatic carbocycles. The third-order valence-corrected chi connectivity index (χ3v) is 3.07. The van der Waals surface area contributed by atoms with Crippen molar-refractivity contribution in [1.29, 1.82) is 0 Å². The Labute approximate surface area is 90.3 Å². The summed E-state index contributed by atoms with van der Waals surface area (Å²) in [4.78, 5) is 0. The van der Waals surface area contributed by atoms with Crippen molar-refractivity contribution < 1.29 is 9.13 Å². The fourth-order valence-corrected chi connectivity index (χ4v) is 2.19. The summed E-state index contributed by atoms with van der Waals surface area (Å²) in [5.74, 6) is -0.152. The van der Waals surface area contributed by atoms with Crippen molar-refractivity contribution in [2.75, 3.05) is 6.61 Å². The van der Waals surface area contributed by atoms with E-state index < -0.39 is 0 Å². The minimum absolute atomic E-state index is 0.00660. The molecular formula is C13H17FO. The molecule has 0 bridgehead atoms. The third kappa shape index (κ3) is 2.37. The van der Waals surface area contributed by atoms with Crippen molar-refractivity contribution in [3.8, 4) is 0 Å². The molecule has 1 aromatic rings. The van der Waals surface area contributed by atoms with Crippen molar-refractivity contribution in [3.63, 3.8) is 0 Å². The number of ether oxygens (including phenoxy) is 1. The Morgan fingerprint density at radius 3 is 2.73 bits per heavy atom. The van der Waals surface area contributed by atoms with E-state index >= 15 is 0 Å². The van der Waals surface area contributed by atoms with Gasteiger partial charge < -0.3 is 4.74 Å². The molecular weight excluding hydrogens is 191 g/mol. The van der Waals surface area contributed by atoms with Gasteiger partial charge in [0.1, 0.15) is 5.82 Å². The molecule has 0 spiro atoms. The average molecular weight is 208 g/mol. The highest BCUT2D eigenvalue weighted by molar-refractivity contribution is 5.33. The van der Waals surface area contributed by atoms with E-state index in [1.165, 1.54) is 6.07 Å². The quantitative estimate of drug-likeness (QED) is 0.695. The van der Waals surface area contributed by atoms with E-state index in [0.717, 1.165) is 24.2 Å². The van der Waals surface area contributed by atoms with E-state index in [-0.39, 0.29) is 11.2 Å². The van der Waals surface area contributed by atoms with Crippen LogP contribution in [0.5, 0.6) is 0 Å². The van der Waals surface area contributed by atoms with Gasteiger partial charge in [-0.25, -0.2) is 4.39 Å². The second kappa shape index (κ2) is 3.60. The van der Waals surface area contributed by atoms with Gasteiger partial charge in [-0.05, 0) is 42.0 Å². The number of epoxide rings is 1. The molecule has 1 heterocycles. The first kappa shape index (κ1) is 10.6. The summed E-state index contributed by atoms with van der Waals surface area (Å²) >= 11 is 0. The predicted octanol–water partition coefficient (Wildman–Crippen LogP) is 3.20. The fraction of sp³-hybridized carbons (Fsp3) is 0.538. The normalized spacial score (nSPS) is 20.4. The molecule has 1 fully saturated rings. The van der Waals surface area contributed by atoms with Crippen molar-refractivity contribution in [2.24, 2.45) is 0 Å². The lowest BCUT2D eigenvalue weighted by Gasteiger charge is -2.26. The highest BCUT2D eigenvalue weighted by atomic mass is 19.1. The lowest BCUT2D eigenvalue weighted by Crippen LogP contribution is -2.21. The van der Waals surface area contributed by atoms with Gasteiger partial charge in [0.15, 0.2) is 0 Å². The molecule has 0 aromatic heterocycles. The number of aryl methyl sites for hydroxylation is 1. The zero-order valence-electron chi connectivity index (χ0n) is 9.51. The van der Waals surface area contributed by atoms with Gasteiger partial charge in [0.25, 0.3) is 0 Å². The molecule has 1 saturated heterocycles. The van der Waals surface area contributed by atoms with E-state index in [2.05, 4.69) is 13.8 Å². The van der Waals surface area contributed by atoms with Gasteiger partial charge >= 0.3 is 0 Å². The topological polar surface area (TPSA) is 12.5 Å². The largest absolute Gasteiger partial charge is 0.373 e. The van der Waals surface area contributed by atoms with Crippen molar-refractivity contribution in [3.05, 3.63) is 35.1 Å². The van der Waals surface area contributed by atoms with Crippen LogP contribution in [0.25, 0.3) is 0 Å². The minimum Gasteiger partial charge on any atom is -0.373 e. The smallest absolute Gasteiger partial charge is 0.123 e. The molecule has 2 heteroatoms. The van der Waals surface area contributed by atoms with Gasteiger partial charge in [0, 0.05) is 0 Å². The van der Waals surface area contributed by atoms with Gasteiger partial charge in [-0.2, -0.15) is 0 Å². The van der Waals surface area contributed by atoms with Gasteiger partial charge in [0.2, 0.25) is 0 Å². The monoisotopic (exact) mass is 208 g/mol. The molecule has 2 rings (SSSR count). The maximum atomic E-state index is 13.2. The zero-order valence-corrected chi connectivity index (χ0v) is 9.51. The lowest BCUT2D eigenvalue weighted by molar-refractivity contribution is 0.344. The Kier molecular flexibility index (Phi) is 2.55. The standard InChI is InChI=1S/C13H17FO/c1-9-4-5-10(14)6-12(9)13(2,3)7-11-8-15-11/h4-6,11H,7-8H2,1-3H3. The number of halogens is 1. The van der Waals surface area contributed by atoms with E-state index in [9.17, 15) is 4.39 Å². The van der Waals surface area contributed by atoms with Crippen molar-refractivity contribution >= 4 is 0 Å². The van der Waals surface area contributed by atoms with Gasteiger partial charge in [-0.1, -0.05) is 19.9 Å². The minimum atomic E-state index is -0.152. The molecule has 1 aliphatic heterocycles. The molecule has 82 valence electrons. The van der Waals surface area contributed by atoms with Crippen LogP contribution in [0.3, 0.4) is 0 Å². The van der Waals surface area contributed by atoms with Crippen LogP contribution < -0.4 is 0 Å². The number of benzene rings is 1. The first-order chi connectivity index (χ1) is 6.99. The lowest BCUT2D eigenvalue weighted by atomic mass is 9.78. The summed E-state index contributed by atoms with van der Waals surface area (Å²) in [5, 5.41) is 0. The zero-order chi connectivity index (χ0) is 11.1. The Bertz CT molecular complexity index is 367. The molecule has 1 aliphatic rings. The molecule has 0 N–H and O–H groups in total. The highest BCUT2D eigenvalue weighted by Gasteiger charge is 2.33. The van der Waals surface area contributed by atoms with Gasteiger partial charge in [0.05, 0.1) is 12.7 Å². The molecule has 0 saturated carbocycles. The summed E-state index contributed by atoms with van der Waals surface area (Å²) in [6.07, 6.45) is 1.35. The molecule has 0 radical (unpaired) electrons. The molecule has 0 amide bonds. The summed E-state index contributed by atoms with van der Waals surface area (Å²) in [5.41, 5.74) is 2.24. The maximum Gasteiger partial charge on any atom is 0.123 e. The summed E-state index contributed by atoms with van der Waals surface area (Å²) < 4.78 is 18.4. The maximum absolute atomic E-state index is 13.2. The second-order valence-corrected chi connectivity index (χ2v) is 5.00. The first-order valence-electron chi connectivity index (χ1n) is 5.37. The summed E-state index contributed by atoms with van der Waals surface area (Å²) in [7, 11) is 0. The van der Waals surface area contributed by atoms with Gasteiger partial charge in [-0.3, -0.25) is 0 Å². The van der Waals surface area contributed by atoms with Crippen LogP contribution in [-0.4, -0.2) is 12.7 Å². The summed E-state index contributed by atoms with van der Waals surface area (Å²) in [6, 6.07) is 5.01. The van der Waals surface area contributed by atoms with Crippen LogP contribution in [0.4, 0.5) is 4.39 Å². The van der Waals surface area contributed by atoms with Crippen LogP contribution in [0.1, 0.15) is 31.4 Å². The molecule has 1 atom stereocenters. The number of hydrogen-bond acceptors (Lipinski definition) is 1. The molecule has 15 heavy (non-hydrogen) atoms.